The van der Waals surface area contributed by atoms with Crippen LogP contribution >= 0.6 is 11.6 Å². The zero-order valence-electron chi connectivity index (χ0n) is 13.7. The van der Waals surface area contributed by atoms with Gasteiger partial charge in [0.1, 0.15) is 0 Å². The molecule has 1 aliphatic heterocycles. The van der Waals surface area contributed by atoms with Crippen LogP contribution in [0.1, 0.15) is 5.56 Å². The van der Waals surface area contributed by atoms with Gasteiger partial charge in [0.2, 0.25) is 0 Å². The van der Waals surface area contributed by atoms with Crippen LogP contribution in [0.25, 0.3) is 0 Å². The Morgan fingerprint density at radius 3 is 2.40 bits per heavy atom. The van der Waals surface area contributed by atoms with Gasteiger partial charge in [-0.1, -0.05) is 17.7 Å². The maximum absolute atomic E-state index is 13.4. The van der Waals surface area contributed by atoms with Crippen LogP contribution in [0.2, 0.25) is 5.02 Å². The molecule has 1 saturated heterocycles. The van der Waals surface area contributed by atoms with E-state index in [1.165, 1.54) is 6.07 Å². The molecule has 1 aliphatic rings. The van der Waals surface area contributed by atoms with Gasteiger partial charge in [-0.2, -0.15) is 0 Å². The van der Waals surface area contributed by atoms with Gasteiger partial charge in [-0.3, -0.25) is 0 Å². The number of hydrogen-bond donors (Lipinski definition) is 1. The highest BCUT2D eigenvalue weighted by atomic mass is 35.5. The summed E-state index contributed by atoms with van der Waals surface area (Å²) in [5.41, 5.74) is 2.20. The molecule has 0 atom stereocenters. The topological polar surface area (TPSA) is 35.6 Å². The lowest BCUT2D eigenvalue weighted by atomic mass is 10.2. The molecule has 132 valence electrons. The number of amides is 2. The van der Waals surface area contributed by atoms with Crippen molar-refractivity contribution in [2.24, 2.45) is 0 Å². The molecule has 1 N–H and O–H groups in total. The molecule has 0 radical (unpaired) electrons. The van der Waals surface area contributed by atoms with Crippen LogP contribution in [0.3, 0.4) is 0 Å². The Labute approximate surface area is 150 Å². The summed E-state index contributed by atoms with van der Waals surface area (Å²) in [6.07, 6.45) is 0. The quantitative estimate of drug-likeness (QED) is 0.862. The van der Waals surface area contributed by atoms with E-state index >= 15 is 0 Å². The fourth-order valence-electron chi connectivity index (χ4n) is 2.72. The van der Waals surface area contributed by atoms with E-state index < -0.39 is 11.6 Å². The van der Waals surface area contributed by atoms with Gasteiger partial charge in [0.05, 0.1) is 0 Å². The van der Waals surface area contributed by atoms with Gasteiger partial charge in [-0.05, 0) is 36.8 Å². The zero-order valence-corrected chi connectivity index (χ0v) is 14.5. The monoisotopic (exact) mass is 365 g/mol. The molecule has 0 unspecified atom stereocenters. The van der Waals surface area contributed by atoms with E-state index in [1.807, 2.05) is 17.9 Å². The summed E-state index contributed by atoms with van der Waals surface area (Å²) < 4.78 is 26.4. The summed E-state index contributed by atoms with van der Waals surface area (Å²) in [5.74, 6) is -1.73. The fraction of sp³-hybridized carbons (Fsp3) is 0.278. The highest BCUT2D eigenvalue weighted by Crippen LogP contribution is 2.22. The number of halogens is 3. The number of piperazine rings is 1. The molecular weight excluding hydrogens is 348 g/mol. The number of carbonyl (C=O) groups excluding carboxylic acids is 1. The second kappa shape index (κ2) is 7.27. The third-order valence-corrected chi connectivity index (χ3v) is 4.67. The molecule has 2 amide bonds. The van der Waals surface area contributed by atoms with Gasteiger partial charge in [0, 0.05) is 48.6 Å². The second-order valence-corrected chi connectivity index (χ2v) is 6.37. The number of carbonyl (C=O) groups is 1. The highest BCUT2D eigenvalue weighted by molar-refractivity contribution is 6.31. The van der Waals surface area contributed by atoms with Crippen LogP contribution in [0, 0.1) is 18.6 Å². The third-order valence-electron chi connectivity index (χ3n) is 4.26. The number of nitrogens with zero attached hydrogens (tertiary/aromatic N) is 2. The zero-order chi connectivity index (χ0) is 18.0. The van der Waals surface area contributed by atoms with Crippen LogP contribution in [-0.4, -0.2) is 37.1 Å². The van der Waals surface area contributed by atoms with Crippen molar-refractivity contribution in [3.05, 3.63) is 58.6 Å². The van der Waals surface area contributed by atoms with Crippen molar-refractivity contribution in [1.82, 2.24) is 4.90 Å². The lowest BCUT2D eigenvalue weighted by Gasteiger charge is -2.36. The average molecular weight is 366 g/mol. The predicted molar refractivity (Wildman–Crippen MR) is 95.4 cm³/mol. The Balaban J connectivity index is 1.58. The van der Waals surface area contributed by atoms with Crippen LogP contribution in [-0.2, 0) is 0 Å². The molecule has 1 fully saturated rings. The normalized spacial score (nSPS) is 14.6. The van der Waals surface area contributed by atoms with Crippen molar-refractivity contribution < 1.29 is 13.6 Å². The SMILES string of the molecule is Cc1ccc(NC(=O)N2CCN(c3ccc(F)c(F)c3)CC2)cc1Cl. The van der Waals surface area contributed by atoms with E-state index in [0.29, 0.717) is 42.6 Å². The van der Waals surface area contributed by atoms with Crippen molar-refractivity contribution >= 4 is 29.0 Å². The number of urea groups is 1. The Kier molecular flexibility index (Phi) is 5.08. The maximum atomic E-state index is 13.4. The first-order valence-corrected chi connectivity index (χ1v) is 8.34. The predicted octanol–water partition coefficient (Wildman–Crippen LogP) is 4.28. The van der Waals surface area contributed by atoms with Crippen molar-refractivity contribution in [3.8, 4) is 0 Å². The lowest BCUT2D eigenvalue weighted by molar-refractivity contribution is 0.208. The Hall–Kier alpha value is -2.34. The number of rotatable bonds is 2. The summed E-state index contributed by atoms with van der Waals surface area (Å²) >= 11 is 6.06. The minimum Gasteiger partial charge on any atom is -0.368 e. The van der Waals surface area contributed by atoms with Crippen LogP contribution in [0.5, 0.6) is 0 Å². The number of anilines is 2. The highest BCUT2D eigenvalue weighted by Gasteiger charge is 2.22. The first-order valence-electron chi connectivity index (χ1n) is 7.96. The van der Waals surface area contributed by atoms with E-state index in [-0.39, 0.29) is 6.03 Å². The van der Waals surface area contributed by atoms with E-state index in [0.717, 1.165) is 11.6 Å². The Morgan fingerprint density at radius 1 is 1.04 bits per heavy atom. The molecule has 0 bridgehead atoms. The van der Waals surface area contributed by atoms with Gasteiger partial charge >= 0.3 is 6.03 Å². The van der Waals surface area contributed by atoms with Crippen molar-refractivity contribution in [2.45, 2.75) is 6.92 Å². The van der Waals surface area contributed by atoms with Crippen molar-refractivity contribution in [1.29, 1.82) is 0 Å². The van der Waals surface area contributed by atoms with Gasteiger partial charge in [-0.15, -0.1) is 0 Å². The Bertz CT molecular complexity index is 792. The summed E-state index contributed by atoms with van der Waals surface area (Å²) in [4.78, 5) is 16.0. The number of aryl methyl sites for hydroxylation is 1. The summed E-state index contributed by atoms with van der Waals surface area (Å²) in [5, 5.41) is 3.42. The van der Waals surface area contributed by atoms with Crippen molar-refractivity contribution in [3.63, 3.8) is 0 Å². The number of benzene rings is 2. The van der Waals surface area contributed by atoms with Gasteiger partial charge in [0.15, 0.2) is 11.6 Å². The molecule has 0 saturated carbocycles. The lowest BCUT2D eigenvalue weighted by Crippen LogP contribution is -2.50. The van der Waals surface area contributed by atoms with Crippen LogP contribution in [0.4, 0.5) is 25.0 Å². The van der Waals surface area contributed by atoms with E-state index in [9.17, 15) is 13.6 Å². The molecule has 4 nitrogen and oxygen atoms in total. The first kappa shape index (κ1) is 17.5. The molecule has 2 aromatic rings. The molecule has 3 rings (SSSR count). The third kappa shape index (κ3) is 4.02. The van der Waals surface area contributed by atoms with Crippen LogP contribution < -0.4 is 10.2 Å². The minimum atomic E-state index is -0.867. The molecule has 1 heterocycles. The molecule has 0 aromatic heterocycles. The fourth-order valence-corrected chi connectivity index (χ4v) is 2.90. The summed E-state index contributed by atoms with van der Waals surface area (Å²) in [7, 11) is 0. The van der Waals surface area contributed by atoms with E-state index in [4.69, 9.17) is 11.6 Å². The van der Waals surface area contributed by atoms with Crippen LogP contribution in [0.15, 0.2) is 36.4 Å². The smallest absolute Gasteiger partial charge is 0.321 e. The second-order valence-electron chi connectivity index (χ2n) is 5.97. The number of nitrogens with one attached hydrogen (secondary N) is 1. The minimum absolute atomic E-state index is 0.204. The molecular formula is C18H18ClF2N3O. The van der Waals surface area contributed by atoms with E-state index in [2.05, 4.69) is 5.32 Å². The molecule has 25 heavy (non-hydrogen) atoms. The average Bonchev–Trinajstić information content (AvgIpc) is 2.61. The van der Waals surface area contributed by atoms with Gasteiger partial charge in [0.25, 0.3) is 0 Å². The summed E-state index contributed by atoms with van der Waals surface area (Å²) in [6, 6.07) is 9.00. The molecule has 0 aliphatic carbocycles. The first-order chi connectivity index (χ1) is 11.9. The molecule has 2 aromatic carbocycles. The Morgan fingerprint density at radius 2 is 1.76 bits per heavy atom. The standard InChI is InChI=1S/C18H18ClF2N3O/c1-12-2-3-13(10-15(12)19)22-18(25)24-8-6-23(7-9-24)14-4-5-16(20)17(21)11-14/h2-5,10-11H,6-9H2,1H3,(H,22,25). The molecule has 7 heteroatoms. The van der Waals surface area contributed by atoms with Gasteiger partial charge in [-0.25, -0.2) is 13.6 Å². The van der Waals surface area contributed by atoms with Gasteiger partial charge < -0.3 is 15.1 Å². The molecule has 0 spiro atoms. The number of hydrogen-bond acceptors (Lipinski definition) is 2. The van der Waals surface area contributed by atoms with Crippen molar-refractivity contribution in [2.75, 3.05) is 36.4 Å². The largest absolute Gasteiger partial charge is 0.368 e. The maximum Gasteiger partial charge on any atom is 0.321 e. The van der Waals surface area contributed by atoms with E-state index in [1.54, 1.807) is 23.1 Å². The summed E-state index contributed by atoms with van der Waals surface area (Å²) in [6.45, 7) is 3.97.